The molecule has 116 valence electrons. The smallest absolute Gasteiger partial charge is 0.175 e. The first-order valence-corrected chi connectivity index (χ1v) is 8.58. The van der Waals surface area contributed by atoms with Crippen molar-refractivity contribution in [3.63, 3.8) is 0 Å². The molecular weight excluding hydrogens is 381 g/mol. The van der Waals surface area contributed by atoms with E-state index in [2.05, 4.69) is 15.9 Å². The Labute approximate surface area is 134 Å². The largest absolute Gasteiger partial charge is 0.224 e. The molecule has 0 saturated heterocycles. The summed E-state index contributed by atoms with van der Waals surface area (Å²) >= 11 is 3.23. The molecule has 0 unspecified atom stereocenters. The van der Waals surface area contributed by atoms with Crippen LogP contribution < -0.4 is 0 Å². The van der Waals surface area contributed by atoms with Gasteiger partial charge in [0, 0.05) is 15.4 Å². The van der Waals surface area contributed by atoms with Gasteiger partial charge >= 0.3 is 0 Å². The molecule has 2 aromatic rings. The summed E-state index contributed by atoms with van der Waals surface area (Å²) in [6, 6.07) is 7.95. The highest BCUT2D eigenvalue weighted by atomic mass is 79.9. The number of sulfone groups is 1. The Hall–Kier alpha value is -1.60. The molecule has 0 atom stereocenters. The quantitative estimate of drug-likeness (QED) is 0.722. The lowest BCUT2D eigenvalue weighted by molar-refractivity contribution is 0.492. The maximum atomic E-state index is 13.4. The highest BCUT2D eigenvalue weighted by Gasteiger charge is 2.13. The highest BCUT2D eigenvalue weighted by Crippen LogP contribution is 2.19. The van der Waals surface area contributed by atoms with Crippen molar-refractivity contribution in [2.24, 2.45) is 0 Å². The van der Waals surface area contributed by atoms with Gasteiger partial charge in [0.05, 0.1) is 5.75 Å². The van der Waals surface area contributed by atoms with Crippen molar-refractivity contribution in [3.05, 3.63) is 74.9 Å². The lowest BCUT2D eigenvalue weighted by atomic mass is 10.2. The second-order valence-corrected chi connectivity index (χ2v) is 7.30. The van der Waals surface area contributed by atoms with E-state index in [1.165, 1.54) is 0 Å². The van der Waals surface area contributed by atoms with Crippen molar-refractivity contribution >= 4 is 31.8 Å². The van der Waals surface area contributed by atoms with Crippen LogP contribution in [0.4, 0.5) is 13.2 Å². The van der Waals surface area contributed by atoms with Gasteiger partial charge in [-0.3, -0.25) is 0 Å². The second kappa shape index (κ2) is 6.66. The third-order valence-electron chi connectivity index (χ3n) is 2.80. The van der Waals surface area contributed by atoms with Crippen molar-refractivity contribution in [1.29, 1.82) is 0 Å². The minimum absolute atomic E-state index is 0.324. The van der Waals surface area contributed by atoms with E-state index in [4.69, 9.17) is 0 Å². The van der Waals surface area contributed by atoms with Crippen LogP contribution in [0.2, 0.25) is 0 Å². The summed E-state index contributed by atoms with van der Waals surface area (Å²) < 4.78 is 64.6. The van der Waals surface area contributed by atoms with Gasteiger partial charge in [0.25, 0.3) is 0 Å². The molecule has 0 radical (unpaired) electrons. The predicted molar refractivity (Wildman–Crippen MR) is 82.1 cm³/mol. The van der Waals surface area contributed by atoms with Crippen LogP contribution in [0.3, 0.4) is 0 Å². The summed E-state index contributed by atoms with van der Waals surface area (Å²) in [6.07, 6.45) is 0.724. The molecule has 0 spiro atoms. The molecule has 0 amide bonds. The molecule has 22 heavy (non-hydrogen) atoms. The number of hydrogen-bond acceptors (Lipinski definition) is 2. The van der Waals surface area contributed by atoms with Crippen LogP contribution in [0, 0.1) is 17.5 Å². The van der Waals surface area contributed by atoms with E-state index in [-0.39, 0.29) is 5.75 Å². The fraction of sp³-hybridized carbons (Fsp3) is 0.0667. The molecular formula is C15H10BrF3O2S. The maximum Gasteiger partial charge on any atom is 0.175 e. The van der Waals surface area contributed by atoms with Gasteiger partial charge in [-0.1, -0.05) is 28.1 Å². The average Bonchev–Trinajstić information content (AvgIpc) is 2.45. The van der Waals surface area contributed by atoms with Crippen LogP contribution in [0.15, 0.2) is 46.3 Å². The van der Waals surface area contributed by atoms with E-state index < -0.39 is 32.9 Å². The minimum atomic E-state index is -3.74. The molecule has 0 fully saturated rings. The van der Waals surface area contributed by atoms with Crippen molar-refractivity contribution < 1.29 is 21.6 Å². The molecule has 0 saturated carbocycles. The third kappa shape index (κ3) is 4.20. The summed E-state index contributed by atoms with van der Waals surface area (Å²) in [5.74, 6) is -4.02. The van der Waals surface area contributed by atoms with Gasteiger partial charge in [-0.25, -0.2) is 21.6 Å². The fourth-order valence-electron chi connectivity index (χ4n) is 1.73. The van der Waals surface area contributed by atoms with E-state index in [0.29, 0.717) is 17.0 Å². The zero-order chi connectivity index (χ0) is 16.3. The van der Waals surface area contributed by atoms with E-state index in [1.54, 1.807) is 24.3 Å². The van der Waals surface area contributed by atoms with E-state index in [0.717, 1.165) is 16.6 Å². The fourth-order valence-corrected chi connectivity index (χ4v) is 3.09. The Morgan fingerprint density at radius 3 is 2.18 bits per heavy atom. The Balaban J connectivity index is 2.25. The molecule has 0 N–H and O–H groups in total. The summed E-state index contributed by atoms with van der Waals surface area (Å²) in [5.41, 5.74) is -0.201. The maximum absolute atomic E-state index is 13.4. The summed E-state index contributed by atoms with van der Waals surface area (Å²) in [6.45, 7) is 0. The number of halogens is 4. The van der Waals surface area contributed by atoms with Gasteiger partial charge in [0.2, 0.25) is 0 Å². The second-order valence-electron chi connectivity index (χ2n) is 4.49. The first kappa shape index (κ1) is 16.8. The summed E-state index contributed by atoms with van der Waals surface area (Å²) in [7, 11) is -3.74. The molecule has 0 aromatic heterocycles. The molecule has 0 aliphatic rings. The first-order chi connectivity index (χ1) is 10.3. The Kier molecular flexibility index (Phi) is 5.08. The van der Waals surface area contributed by atoms with E-state index >= 15 is 0 Å². The SMILES string of the molecule is O=S(=O)(C=Cc1c(F)ccc(F)c1F)Cc1ccc(Br)cc1. The standard InChI is InChI=1S/C15H10BrF3O2S/c16-11-3-1-10(2-4-11)9-22(20,21)8-7-12-13(17)5-6-14(18)15(12)19/h1-8H,9H2. The van der Waals surface area contributed by atoms with Crippen molar-refractivity contribution in [1.82, 2.24) is 0 Å². The van der Waals surface area contributed by atoms with Gasteiger partial charge in [-0.05, 0) is 35.9 Å². The lowest BCUT2D eigenvalue weighted by Gasteiger charge is -2.02. The molecule has 7 heteroatoms. The summed E-state index contributed by atoms with van der Waals surface area (Å²) in [5, 5.41) is 0.677. The highest BCUT2D eigenvalue weighted by molar-refractivity contribution is 9.10. The molecule has 0 heterocycles. The van der Waals surface area contributed by atoms with Crippen molar-refractivity contribution in [3.8, 4) is 0 Å². The van der Waals surface area contributed by atoms with Crippen LogP contribution in [-0.2, 0) is 15.6 Å². The topological polar surface area (TPSA) is 34.1 Å². The van der Waals surface area contributed by atoms with Gasteiger partial charge < -0.3 is 0 Å². The monoisotopic (exact) mass is 390 g/mol. The van der Waals surface area contributed by atoms with Gasteiger partial charge in [-0.15, -0.1) is 0 Å². The average molecular weight is 391 g/mol. The van der Waals surface area contributed by atoms with Gasteiger partial charge in [0.1, 0.15) is 5.82 Å². The molecule has 0 bridgehead atoms. The lowest BCUT2D eigenvalue weighted by Crippen LogP contribution is -2.00. The van der Waals surface area contributed by atoms with E-state index in [1.807, 2.05) is 0 Å². The molecule has 0 aliphatic carbocycles. The minimum Gasteiger partial charge on any atom is -0.224 e. The molecule has 2 aromatic carbocycles. The van der Waals surface area contributed by atoms with Crippen LogP contribution in [-0.4, -0.2) is 8.42 Å². The Morgan fingerprint density at radius 1 is 0.955 bits per heavy atom. The number of rotatable bonds is 4. The van der Waals surface area contributed by atoms with Crippen LogP contribution in [0.25, 0.3) is 6.08 Å². The van der Waals surface area contributed by atoms with E-state index in [9.17, 15) is 21.6 Å². The van der Waals surface area contributed by atoms with Gasteiger partial charge in [-0.2, -0.15) is 0 Å². The zero-order valence-corrected chi connectivity index (χ0v) is 13.5. The molecule has 2 nitrogen and oxygen atoms in total. The summed E-state index contributed by atoms with van der Waals surface area (Å²) in [4.78, 5) is 0. The molecule has 0 aliphatic heterocycles. The number of benzene rings is 2. The third-order valence-corrected chi connectivity index (χ3v) is 4.62. The Bertz CT molecular complexity index is 815. The molecule has 2 rings (SSSR count). The normalized spacial score (nSPS) is 12.0. The number of hydrogen-bond donors (Lipinski definition) is 0. The first-order valence-electron chi connectivity index (χ1n) is 6.07. The van der Waals surface area contributed by atoms with Gasteiger partial charge in [0.15, 0.2) is 21.5 Å². The van der Waals surface area contributed by atoms with Crippen LogP contribution in [0.5, 0.6) is 0 Å². The zero-order valence-electron chi connectivity index (χ0n) is 11.1. The van der Waals surface area contributed by atoms with Crippen LogP contribution in [0.1, 0.15) is 11.1 Å². The van der Waals surface area contributed by atoms with Crippen LogP contribution >= 0.6 is 15.9 Å². The van der Waals surface area contributed by atoms with Crippen molar-refractivity contribution in [2.45, 2.75) is 5.75 Å². The van der Waals surface area contributed by atoms with Crippen molar-refractivity contribution in [2.75, 3.05) is 0 Å². The predicted octanol–water partition coefficient (Wildman–Crippen LogP) is 4.45. The Morgan fingerprint density at radius 2 is 1.55 bits per heavy atom.